The topological polar surface area (TPSA) is 55.1 Å². The first kappa shape index (κ1) is 13.8. The van der Waals surface area contributed by atoms with Gasteiger partial charge in [0, 0.05) is 0 Å². The minimum atomic E-state index is -0.810. The normalized spacial score (nSPS) is 10.7. The van der Waals surface area contributed by atoms with Gasteiger partial charge in [-0.2, -0.15) is 5.10 Å². The first-order valence-corrected chi connectivity index (χ1v) is 6.76. The second-order valence-electron chi connectivity index (χ2n) is 4.53. The van der Waals surface area contributed by atoms with E-state index in [1.165, 1.54) is 0 Å². The van der Waals surface area contributed by atoms with Crippen molar-refractivity contribution in [1.82, 2.24) is 9.78 Å². The number of nitrogens with zero attached hydrogens (tertiary/aromatic N) is 2. The Morgan fingerprint density at radius 3 is 2.32 bits per heavy atom. The number of aliphatic carboxylic acids is 1. The van der Waals surface area contributed by atoms with Gasteiger partial charge >= 0.3 is 5.97 Å². The number of aryl methyl sites for hydroxylation is 1. The van der Waals surface area contributed by atoms with Gasteiger partial charge in [-0.3, -0.25) is 9.48 Å². The molecule has 0 fully saturated rings. The molecule has 0 saturated carbocycles. The SMILES string of the molecule is Cc1nn(Cc2ccc(CC(=O)O)cc2)c(C)c1Br. The number of rotatable bonds is 4. The zero-order valence-corrected chi connectivity index (χ0v) is 12.4. The fraction of sp³-hybridized carbons (Fsp3) is 0.286. The fourth-order valence-electron chi connectivity index (χ4n) is 1.94. The molecule has 0 spiro atoms. The van der Waals surface area contributed by atoms with Crippen LogP contribution in [0.15, 0.2) is 28.7 Å². The van der Waals surface area contributed by atoms with Gasteiger partial charge in [0.25, 0.3) is 0 Å². The molecule has 19 heavy (non-hydrogen) atoms. The van der Waals surface area contributed by atoms with E-state index in [0.29, 0.717) is 6.54 Å². The maximum absolute atomic E-state index is 10.6. The summed E-state index contributed by atoms with van der Waals surface area (Å²) in [7, 11) is 0. The van der Waals surface area contributed by atoms with Crippen molar-refractivity contribution < 1.29 is 9.90 Å². The van der Waals surface area contributed by atoms with Crippen molar-refractivity contribution in [1.29, 1.82) is 0 Å². The van der Waals surface area contributed by atoms with Crippen LogP contribution in [0.2, 0.25) is 0 Å². The van der Waals surface area contributed by atoms with E-state index in [0.717, 1.165) is 27.0 Å². The molecule has 0 amide bonds. The Bertz CT molecular complexity index is 603. The number of carboxylic acid groups (broad SMARTS) is 1. The predicted octanol–water partition coefficient (Wildman–Crippen LogP) is 2.94. The fourth-order valence-corrected chi connectivity index (χ4v) is 2.22. The van der Waals surface area contributed by atoms with Crippen LogP contribution in [0.4, 0.5) is 0 Å². The highest BCUT2D eigenvalue weighted by molar-refractivity contribution is 9.10. The van der Waals surface area contributed by atoms with E-state index in [1.807, 2.05) is 42.8 Å². The van der Waals surface area contributed by atoms with E-state index in [-0.39, 0.29) is 6.42 Å². The van der Waals surface area contributed by atoms with Crippen molar-refractivity contribution in [3.63, 3.8) is 0 Å². The van der Waals surface area contributed by atoms with Gasteiger partial charge in [0.05, 0.1) is 28.8 Å². The average Bonchev–Trinajstić information content (AvgIpc) is 2.59. The van der Waals surface area contributed by atoms with Crippen LogP contribution in [0.5, 0.6) is 0 Å². The van der Waals surface area contributed by atoms with Gasteiger partial charge in [0.2, 0.25) is 0 Å². The van der Waals surface area contributed by atoms with Gasteiger partial charge in [-0.05, 0) is 40.9 Å². The van der Waals surface area contributed by atoms with Crippen molar-refractivity contribution in [2.24, 2.45) is 0 Å². The molecule has 1 aromatic heterocycles. The number of hydrogen-bond acceptors (Lipinski definition) is 2. The average molecular weight is 323 g/mol. The highest BCUT2D eigenvalue weighted by Crippen LogP contribution is 2.20. The minimum absolute atomic E-state index is 0.0612. The summed E-state index contributed by atoms with van der Waals surface area (Å²) in [6.45, 7) is 4.66. The first-order chi connectivity index (χ1) is 8.97. The van der Waals surface area contributed by atoms with Gasteiger partial charge in [0.1, 0.15) is 0 Å². The Hall–Kier alpha value is -1.62. The van der Waals surface area contributed by atoms with Crippen LogP contribution in [0.25, 0.3) is 0 Å². The summed E-state index contributed by atoms with van der Waals surface area (Å²) in [6.07, 6.45) is 0.0612. The molecule has 0 aliphatic rings. The summed E-state index contributed by atoms with van der Waals surface area (Å²) in [5.41, 5.74) is 3.98. The zero-order chi connectivity index (χ0) is 14.0. The minimum Gasteiger partial charge on any atom is -0.481 e. The number of hydrogen-bond donors (Lipinski definition) is 1. The molecule has 5 heteroatoms. The lowest BCUT2D eigenvalue weighted by Gasteiger charge is -2.05. The highest BCUT2D eigenvalue weighted by atomic mass is 79.9. The van der Waals surface area contributed by atoms with Crippen molar-refractivity contribution in [3.8, 4) is 0 Å². The van der Waals surface area contributed by atoms with E-state index in [1.54, 1.807) is 0 Å². The van der Waals surface area contributed by atoms with E-state index in [9.17, 15) is 4.79 Å². The molecule has 0 aliphatic heterocycles. The molecule has 0 atom stereocenters. The van der Waals surface area contributed by atoms with Crippen LogP contribution >= 0.6 is 15.9 Å². The molecular weight excluding hydrogens is 308 g/mol. The smallest absolute Gasteiger partial charge is 0.307 e. The number of halogens is 1. The molecule has 100 valence electrons. The lowest BCUT2D eigenvalue weighted by atomic mass is 10.1. The van der Waals surface area contributed by atoms with Gasteiger partial charge in [-0.15, -0.1) is 0 Å². The third-order valence-corrected chi connectivity index (χ3v) is 4.15. The molecule has 2 rings (SSSR count). The summed E-state index contributed by atoms with van der Waals surface area (Å²) in [6, 6.07) is 7.60. The summed E-state index contributed by atoms with van der Waals surface area (Å²) in [4.78, 5) is 10.6. The van der Waals surface area contributed by atoms with Crippen LogP contribution in [-0.2, 0) is 17.8 Å². The summed E-state index contributed by atoms with van der Waals surface area (Å²) in [5, 5.41) is 13.2. The van der Waals surface area contributed by atoms with Crippen molar-refractivity contribution in [2.45, 2.75) is 26.8 Å². The number of carbonyl (C=O) groups is 1. The largest absolute Gasteiger partial charge is 0.481 e. The van der Waals surface area contributed by atoms with Crippen LogP contribution < -0.4 is 0 Å². The number of benzene rings is 1. The van der Waals surface area contributed by atoms with Crippen LogP contribution in [0.3, 0.4) is 0 Å². The number of aromatic nitrogens is 2. The van der Waals surface area contributed by atoms with Gasteiger partial charge in [-0.1, -0.05) is 24.3 Å². The Morgan fingerprint density at radius 1 is 1.26 bits per heavy atom. The highest BCUT2D eigenvalue weighted by Gasteiger charge is 2.09. The van der Waals surface area contributed by atoms with E-state index in [2.05, 4.69) is 21.0 Å². The van der Waals surface area contributed by atoms with Gasteiger partial charge in [0.15, 0.2) is 0 Å². The zero-order valence-electron chi connectivity index (χ0n) is 10.9. The molecule has 0 radical (unpaired) electrons. The van der Waals surface area contributed by atoms with E-state index >= 15 is 0 Å². The van der Waals surface area contributed by atoms with Crippen molar-refractivity contribution in [2.75, 3.05) is 0 Å². The summed E-state index contributed by atoms with van der Waals surface area (Å²) < 4.78 is 2.97. The molecule has 1 aromatic carbocycles. The van der Waals surface area contributed by atoms with Crippen LogP contribution in [-0.4, -0.2) is 20.9 Å². The molecule has 0 aliphatic carbocycles. The lowest BCUT2D eigenvalue weighted by molar-refractivity contribution is -0.136. The molecule has 0 bridgehead atoms. The van der Waals surface area contributed by atoms with E-state index in [4.69, 9.17) is 5.11 Å². The van der Waals surface area contributed by atoms with Gasteiger partial charge < -0.3 is 5.11 Å². The first-order valence-electron chi connectivity index (χ1n) is 5.96. The Balaban J connectivity index is 2.15. The second kappa shape index (κ2) is 5.57. The second-order valence-corrected chi connectivity index (χ2v) is 5.32. The van der Waals surface area contributed by atoms with Crippen molar-refractivity contribution in [3.05, 3.63) is 51.3 Å². The summed E-state index contributed by atoms with van der Waals surface area (Å²) in [5.74, 6) is -0.810. The molecule has 0 saturated heterocycles. The van der Waals surface area contributed by atoms with E-state index < -0.39 is 5.97 Å². The standard InChI is InChI=1S/C14H15BrN2O2/c1-9-14(15)10(2)17(16-9)8-12-5-3-11(4-6-12)7-13(18)19/h3-6H,7-8H2,1-2H3,(H,18,19). The van der Waals surface area contributed by atoms with Crippen molar-refractivity contribution >= 4 is 21.9 Å². The molecule has 1 heterocycles. The quantitative estimate of drug-likeness (QED) is 0.941. The Kier molecular flexibility index (Phi) is 4.04. The monoisotopic (exact) mass is 322 g/mol. The van der Waals surface area contributed by atoms with Crippen LogP contribution in [0, 0.1) is 13.8 Å². The maximum atomic E-state index is 10.6. The Morgan fingerprint density at radius 2 is 1.84 bits per heavy atom. The maximum Gasteiger partial charge on any atom is 0.307 e. The van der Waals surface area contributed by atoms with Gasteiger partial charge in [-0.25, -0.2) is 0 Å². The third kappa shape index (κ3) is 3.23. The number of carboxylic acids is 1. The third-order valence-electron chi connectivity index (χ3n) is 3.00. The molecule has 2 aromatic rings. The van der Waals surface area contributed by atoms with Crippen LogP contribution in [0.1, 0.15) is 22.5 Å². The molecular formula is C14H15BrN2O2. The summed E-state index contributed by atoms with van der Waals surface area (Å²) >= 11 is 3.50. The molecule has 4 nitrogen and oxygen atoms in total. The lowest BCUT2D eigenvalue weighted by Crippen LogP contribution is -2.05. The molecule has 1 N–H and O–H groups in total. The molecule has 0 unspecified atom stereocenters. The Labute approximate surface area is 120 Å². The predicted molar refractivity (Wildman–Crippen MR) is 76.3 cm³/mol.